The summed E-state index contributed by atoms with van der Waals surface area (Å²) in [7, 11) is 0. The fourth-order valence-corrected chi connectivity index (χ4v) is 5.85. The molecule has 1 aliphatic heterocycles. The summed E-state index contributed by atoms with van der Waals surface area (Å²) in [6.45, 7) is 6.09. The third kappa shape index (κ3) is 7.20. The van der Waals surface area contributed by atoms with Crippen LogP contribution >= 0.6 is 0 Å². The number of rotatable bonds is 11. The van der Waals surface area contributed by atoms with Crippen molar-refractivity contribution in [3.05, 3.63) is 107 Å². The van der Waals surface area contributed by atoms with Gasteiger partial charge in [0, 0.05) is 54.9 Å². The predicted octanol–water partition coefficient (Wildman–Crippen LogP) is 6.20. The molecule has 0 saturated carbocycles. The Morgan fingerprint density at radius 2 is 1.70 bits per heavy atom. The number of nitrogens with zero attached hydrogens (tertiary/aromatic N) is 4. The van der Waals surface area contributed by atoms with Crippen LogP contribution in [-0.4, -0.2) is 57.1 Å². The second kappa shape index (κ2) is 14.6. The number of carbonyl (C=O) groups is 1. The van der Waals surface area contributed by atoms with E-state index < -0.39 is 11.7 Å². The predicted molar refractivity (Wildman–Crippen MR) is 180 cm³/mol. The Balaban J connectivity index is 1.18. The standard InChI is InChI=1S/C36H38FN7O2/c1-24-28(7-5-9-30(24)42-35-34-27(13-14-39-35)19-26(22-41-34)20-38-15-18-45)29-8-6-10-31(33(29)37)43-36(46)32-12-11-25(21-40-32)23-44-16-3-2-4-17-44/h5-14,19,21-22,38,45H,2-4,15-18,20,23H2,1H3,(H,39,42)(H,43,46). The number of carbonyl (C=O) groups excluding carboxylic acids is 1. The first-order valence-electron chi connectivity index (χ1n) is 15.7. The molecule has 5 aromatic rings. The summed E-state index contributed by atoms with van der Waals surface area (Å²) in [5.41, 5.74) is 5.72. The molecule has 0 spiro atoms. The van der Waals surface area contributed by atoms with Crippen molar-refractivity contribution in [1.82, 2.24) is 25.2 Å². The molecule has 4 N–H and O–H groups in total. The summed E-state index contributed by atoms with van der Waals surface area (Å²) >= 11 is 0. The van der Waals surface area contributed by atoms with Crippen LogP contribution in [0.3, 0.4) is 0 Å². The lowest BCUT2D eigenvalue weighted by Gasteiger charge is -2.26. The molecule has 0 atom stereocenters. The maximum atomic E-state index is 16.0. The molecule has 0 aliphatic carbocycles. The number of anilines is 3. The number of likely N-dealkylation sites (tertiary alicyclic amines) is 1. The first-order valence-corrected chi connectivity index (χ1v) is 15.7. The highest BCUT2D eigenvalue weighted by molar-refractivity contribution is 6.03. The Labute approximate surface area is 267 Å². The van der Waals surface area contributed by atoms with Crippen molar-refractivity contribution < 1.29 is 14.3 Å². The van der Waals surface area contributed by atoms with E-state index in [1.54, 1.807) is 42.9 Å². The van der Waals surface area contributed by atoms with Gasteiger partial charge < -0.3 is 21.1 Å². The zero-order valence-electron chi connectivity index (χ0n) is 25.9. The van der Waals surface area contributed by atoms with Crippen molar-refractivity contribution in [3.63, 3.8) is 0 Å². The van der Waals surface area contributed by atoms with Crippen molar-refractivity contribution in [2.45, 2.75) is 39.3 Å². The molecule has 9 nitrogen and oxygen atoms in total. The van der Waals surface area contributed by atoms with Gasteiger partial charge in [-0.1, -0.05) is 36.8 Å². The van der Waals surface area contributed by atoms with E-state index in [0.29, 0.717) is 35.6 Å². The Morgan fingerprint density at radius 1 is 0.913 bits per heavy atom. The van der Waals surface area contributed by atoms with E-state index in [4.69, 9.17) is 5.11 Å². The average molecular weight is 620 g/mol. The summed E-state index contributed by atoms with van der Waals surface area (Å²) < 4.78 is 16.0. The Bertz CT molecular complexity index is 1820. The lowest BCUT2D eigenvalue weighted by molar-refractivity contribution is 0.102. The van der Waals surface area contributed by atoms with Gasteiger partial charge in [0.2, 0.25) is 0 Å². The van der Waals surface area contributed by atoms with Gasteiger partial charge in [0.05, 0.1) is 12.3 Å². The lowest BCUT2D eigenvalue weighted by atomic mass is 9.98. The molecule has 2 aromatic carbocycles. The van der Waals surface area contributed by atoms with Crippen molar-refractivity contribution in [3.8, 4) is 11.1 Å². The monoisotopic (exact) mass is 619 g/mol. The number of aliphatic hydroxyl groups is 1. The largest absolute Gasteiger partial charge is 0.395 e. The van der Waals surface area contributed by atoms with Crippen LogP contribution in [0.1, 0.15) is 46.4 Å². The maximum absolute atomic E-state index is 16.0. The van der Waals surface area contributed by atoms with Gasteiger partial charge in [0.25, 0.3) is 5.91 Å². The summed E-state index contributed by atoms with van der Waals surface area (Å²) in [4.78, 5) is 29.0. The number of amides is 1. The van der Waals surface area contributed by atoms with Crippen LogP contribution < -0.4 is 16.0 Å². The summed E-state index contributed by atoms with van der Waals surface area (Å²) in [5, 5.41) is 19.2. The Hall–Kier alpha value is -4.77. The molecule has 10 heteroatoms. The van der Waals surface area contributed by atoms with E-state index in [2.05, 4.69) is 35.8 Å². The van der Waals surface area contributed by atoms with Gasteiger partial charge in [-0.25, -0.2) is 9.37 Å². The molecule has 1 saturated heterocycles. The van der Waals surface area contributed by atoms with Gasteiger partial charge in [-0.3, -0.25) is 19.7 Å². The highest BCUT2D eigenvalue weighted by Crippen LogP contribution is 2.35. The first kappa shape index (κ1) is 31.2. The number of hydrogen-bond acceptors (Lipinski definition) is 8. The molecular formula is C36H38FN7O2. The minimum atomic E-state index is -0.523. The third-order valence-corrected chi connectivity index (χ3v) is 8.31. The second-order valence-corrected chi connectivity index (χ2v) is 11.6. The first-order chi connectivity index (χ1) is 22.5. The highest BCUT2D eigenvalue weighted by Gasteiger charge is 2.18. The number of nitrogens with one attached hydrogen (secondary N) is 3. The molecule has 236 valence electrons. The average Bonchev–Trinajstić information content (AvgIpc) is 3.08. The minimum absolute atomic E-state index is 0.0746. The van der Waals surface area contributed by atoms with E-state index in [0.717, 1.165) is 47.4 Å². The van der Waals surface area contributed by atoms with E-state index in [1.165, 1.54) is 19.3 Å². The van der Waals surface area contributed by atoms with Crippen LogP contribution in [0.4, 0.5) is 21.6 Å². The van der Waals surface area contributed by atoms with Gasteiger partial charge in [-0.05, 0) is 85.4 Å². The normalized spacial score (nSPS) is 13.5. The van der Waals surface area contributed by atoms with Gasteiger partial charge in [-0.2, -0.15) is 0 Å². The van der Waals surface area contributed by atoms with Gasteiger partial charge in [-0.15, -0.1) is 0 Å². The number of fused-ring (bicyclic) bond motifs is 1. The van der Waals surface area contributed by atoms with Crippen LogP contribution in [0.5, 0.6) is 0 Å². The summed E-state index contributed by atoms with van der Waals surface area (Å²) in [6.07, 6.45) is 8.95. The summed E-state index contributed by atoms with van der Waals surface area (Å²) in [6, 6.07) is 18.2. The van der Waals surface area contributed by atoms with Crippen molar-refractivity contribution in [2.24, 2.45) is 0 Å². The molecule has 1 fully saturated rings. The number of benzene rings is 2. The fraction of sp³-hybridized carbons (Fsp3) is 0.278. The third-order valence-electron chi connectivity index (χ3n) is 8.31. The number of hydrogen-bond donors (Lipinski definition) is 4. The van der Waals surface area contributed by atoms with Gasteiger partial charge in [0.1, 0.15) is 11.2 Å². The van der Waals surface area contributed by atoms with Gasteiger partial charge >= 0.3 is 0 Å². The lowest BCUT2D eigenvalue weighted by Crippen LogP contribution is -2.29. The molecule has 6 rings (SSSR count). The quantitative estimate of drug-likeness (QED) is 0.129. The summed E-state index contributed by atoms with van der Waals surface area (Å²) in [5.74, 6) is -0.400. The molecule has 0 unspecified atom stereocenters. The molecule has 3 aromatic heterocycles. The van der Waals surface area contributed by atoms with E-state index in [9.17, 15) is 4.79 Å². The molecule has 1 amide bonds. The Kier molecular flexibility index (Phi) is 9.88. The molecular weight excluding hydrogens is 581 g/mol. The maximum Gasteiger partial charge on any atom is 0.274 e. The van der Waals surface area contributed by atoms with E-state index in [-0.39, 0.29) is 18.0 Å². The number of aromatic nitrogens is 3. The number of halogens is 1. The van der Waals surface area contributed by atoms with Crippen LogP contribution in [0.25, 0.3) is 22.0 Å². The van der Waals surface area contributed by atoms with Crippen LogP contribution in [0.2, 0.25) is 0 Å². The van der Waals surface area contributed by atoms with Crippen molar-refractivity contribution in [1.29, 1.82) is 0 Å². The number of piperidine rings is 1. The number of aliphatic hydroxyl groups excluding tert-OH is 1. The van der Waals surface area contributed by atoms with E-state index in [1.807, 2.05) is 43.3 Å². The zero-order chi connectivity index (χ0) is 31.9. The van der Waals surface area contributed by atoms with Crippen molar-refractivity contribution in [2.75, 3.05) is 36.9 Å². The molecule has 0 bridgehead atoms. The van der Waals surface area contributed by atoms with E-state index >= 15 is 4.39 Å². The molecule has 0 radical (unpaired) electrons. The smallest absolute Gasteiger partial charge is 0.274 e. The Morgan fingerprint density at radius 3 is 2.48 bits per heavy atom. The molecule has 46 heavy (non-hydrogen) atoms. The highest BCUT2D eigenvalue weighted by atomic mass is 19.1. The zero-order valence-corrected chi connectivity index (χ0v) is 25.9. The SMILES string of the molecule is Cc1c(Nc2nccc3cc(CNCCO)cnc23)cccc1-c1cccc(NC(=O)c2ccc(CN3CCCCC3)cn2)c1F. The van der Waals surface area contributed by atoms with Crippen molar-refractivity contribution >= 4 is 34.0 Å². The van der Waals surface area contributed by atoms with Crippen LogP contribution in [0, 0.1) is 12.7 Å². The molecule has 1 aliphatic rings. The fourth-order valence-electron chi connectivity index (χ4n) is 5.85. The van der Waals surface area contributed by atoms with Crippen LogP contribution in [0.15, 0.2) is 79.3 Å². The topological polar surface area (TPSA) is 115 Å². The minimum Gasteiger partial charge on any atom is -0.395 e. The van der Waals surface area contributed by atoms with Crippen LogP contribution in [-0.2, 0) is 13.1 Å². The number of pyridine rings is 3. The second-order valence-electron chi connectivity index (χ2n) is 11.6. The molecule has 4 heterocycles. The van der Waals surface area contributed by atoms with Gasteiger partial charge in [0.15, 0.2) is 11.6 Å².